The standard InChI is InChI=1S/C8H5ClN2O3S/c1-13-7(12)6-5(11-8(9)15-6)4-2-3-10-14-4/h2-3H,1H3. The van der Waals surface area contributed by atoms with Gasteiger partial charge in [-0.15, -0.1) is 0 Å². The summed E-state index contributed by atoms with van der Waals surface area (Å²) in [6.45, 7) is 0. The summed E-state index contributed by atoms with van der Waals surface area (Å²) >= 11 is 6.76. The van der Waals surface area contributed by atoms with Gasteiger partial charge in [-0.3, -0.25) is 0 Å². The Bertz CT molecular complexity index is 480. The predicted molar refractivity (Wildman–Crippen MR) is 54.0 cm³/mol. The van der Waals surface area contributed by atoms with Crippen LogP contribution in [0.5, 0.6) is 0 Å². The maximum absolute atomic E-state index is 11.4. The topological polar surface area (TPSA) is 65.2 Å². The van der Waals surface area contributed by atoms with E-state index in [1.165, 1.54) is 13.3 Å². The number of methoxy groups -OCH3 is 1. The summed E-state index contributed by atoms with van der Waals surface area (Å²) in [5.74, 6) is -0.107. The van der Waals surface area contributed by atoms with Gasteiger partial charge in [-0.05, 0) is 0 Å². The highest BCUT2D eigenvalue weighted by molar-refractivity contribution is 7.17. The van der Waals surface area contributed by atoms with E-state index in [1.807, 2.05) is 0 Å². The van der Waals surface area contributed by atoms with Crippen molar-refractivity contribution in [2.45, 2.75) is 0 Å². The van der Waals surface area contributed by atoms with Crippen molar-refractivity contribution in [3.05, 3.63) is 21.6 Å². The lowest BCUT2D eigenvalue weighted by Crippen LogP contribution is -1.99. The molecule has 0 aromatic carbocycles. The monoisotopic (exact) mass is 244 g/mol. The number of carbonyl (C=O) groups is 1. The molecule has 78 valence electrons. The van der Waals surface area contributed by atoms with E-state index < -0.39 is 5.97 Å². The van der Waals surface area contributed by atoms with Crippen molar-refractivity contribution in [1.29, 1.82) is 0 Å². The molecule has 0 N–H and O–H groups in total. The summed E-state index contributed by atoms with van der Waals surface area (Å²) in [5.41, 5.74) is 0.356. The second kappa shape index (κ2) is 4.00. The van der Waals surface area contributed by atoms with Crippen molar-refractivity contribution >= 4 is 28.9 Å². The molecule has 0 spiro atoms. The van der Waals surface area contributed by atoms with Crippen LogP contribution in [0.3, 0.4) is 0 Å². The van der Waals surface area contributed by atoms with Crippen LogP contribution in [0.25, 0.3) is 11.5 Å². The Morgan fingerprint density at radius 2 is 2.47 bits per heavy atom. The number of carbonyl (C=O) groups excluding carboxylic acids is 1. The number of aromatic nitrogens is 2. The highest BCUT2D eigenvalue weighted by atomic mass is 35.5. The molecule has 0 aliphatic rings. The Morgan fingerprint density at radius 1 is 1.67 bits per heavy atom. The highest BCUT2D eigenvalue weighted by Gasteiger charge is 2.21. The molecule has 0 atom stereocenters. The van der Waals surface area contributed by atoms with Gasteiger partial charge in [0.05, 0.1) is 13.3 Å². The average molecular weight is 245 g/mol. The minimum absolute atomic E-state index is 0.252. The summed E-state index contributed by atoms with van der Waals surface area (Å²) in [6.07, 6.45) is 1.46. The fourth-order valence-corrected chi connectivity index (χ4v) is 2.06. The second-order valence-corrected chi connectivity index (χ2v) is 4.09. The predicted octanol–water partition coefficient (Wildman–Crippen LogP) is 2.24. The quantitative estimate of drug-likeness (QED) is 0.758. The smallest absolute Gasteiger partial charge is 0.350 e. The third-order valence-corrected chi connectivity index (χ3v) is 2.78. The van der Waals surface area contributed by atoms with Crippen LogP contribution in [0.4, 0.5) is 0 Å². The fourth-order valence-electron chi connectivity index (χ4n) is 1.03. The van der Waals surface area contributed by atoms with Crippen LogP contribution in [0, 0.1) is 0 Å². The number of hydrogen-bond donors (Lipinski definition) is 0. The molecule has 7 heteroatoms. The van der Waals surface area contributed by atoms with Gasteiger partial charge in [0, 0.05) is 6.07 Å². The number of halogens is 1. The number of esters is 1. The Kier molecular flexibility index (Phi) is 2.70. The van der Waals surface area contributed by atoms with Crippen LogP contribution >= 0.6 is 22.9 Å². The Morgan fingerprint density at radius 3 is 3.07 bits per heavy atom. The van der Waals surface area contributed by atoms with Gasteiger partial charge in [0.2, 0.25) is 0 Å². The molecule has 0 aliphatic heterocycles. The zero-order chi connectivity index (χ0) is 10.8. The molecular weight excluding hydrogens is 240 g/mol. The fraction of sp³-hybridized carbons (Fsp3) is 0.125. The molecule has 0 amide bonds. The van der Waals surface area contributed by atoms with E-state index in [4.69, 9.17) is 16.1 Å². The average Bonchev–Trinajstić information content (AvgIpc) is 2.84. The number of hydrogen-bond acceptors (Lipinski definition) is 6. The summed E-state index contributed by atoms with van der Waals surface area (Å²) in [5, 5.41) is 3.53. The summed E-state index contributed by atoms with van der Waals surface area (Å²) < 4.78 is 9.75. The molecule has 0 aliphatic carbocycles. The second-order valence-electron chi connectivity index (χ2n) is 2.51. The molecule has 2 heterocycles. The molecule has 5 nitrogen and oxygen atoms in total. The minimum Gasteiger partial charge on any atom is -0.465 e. The van der Waals surface area contributed by atoms with E-state index in [9.17, 15) is 4.79 Å². The molecule has 2 aromatic rings. The van der Waals surface area contributed by atoms with Gasteiger partial charge in [0.25, 0.3) is 0 Å². The van der Waals surface area contributed by atoms with Crippen LogP contribution < -0.4 is 0 Å². The van der Waals surface area contributed by atoms with Crippen molar-refractivity contribution < 1.29 is 14.1 Å². The van der Waals surface area contributed by atoms with Crippen LogP contribution in [-0.2, 0) is 4.74 Å². The van der Waals surface area contributed by atoms with E-state index in [2.05, 4.69) is 14.9 Å². The molecule has 0 fully saturated rings. The molecule has 0 radical (unpaired) electrons. The summed E-state index contributed by atoms with van der Waals surface area (Å²) in [6, 6.07) is 1.60. The van der Waals surface area contributed by atoms with E-state index >= 15 is 0 Å². The first-order chi connectivity index (χ1) is 7.22. The number of thiazole rings is 1. The first-order valence-electron chi connectivity index (χ1n) is 3.88. The van der Waals surface area contributed by atoms with E-state index in [1.54, 1.807) is 6.07 Å². The van der Waals surface area contributed by atoms with E-state index in [0.717, 1.165) is 11.3 Å². The zero-order valence-electron chi connectivity index (χ0n) is 7.56. The molecule has 0 unspecified atom stereocenters. The third-order valence-electron chi connectivity index (χ3n) is 1.64. The lowest BCUT2D eigenvalue weighted by molar-refractivity contribution is 0.0606. The van der Waals surface area contributed by atoms with Crippen molar-refractivity contribution in [2.75, 3.05) is 7.11 Å². The van der Waals surface area contributed by atoms with Crippen molar-refractivity contribution in [2.24, 2.45) is 0 Å². The summed E-state index contributed by atoms with van der Waals surface area (Å²) in [7, 11) is 1.29. The van der Waals surface area contributed by atoms with Gasteiger partial charge in [-0.1, -0.05) is 28.1 Å². The SMILES string of the molecule is COC(=O)c1sc(Cl)nc1-c1ccno1. The van der Waals surface area contributed by atoms with Gasteiger partial charge in [-0.2, -0.15) is 0 Å². The van der Waals surface area contributed by atoms with Gasteiger partial charge >= 0.3 is 5.97 Å². The van der Waals surface area contributed by atoms with Crippen LogP contribution in [0.2, 0.25) is 4.47 Å². The lowest BCUT2D eigenvalue weighted by atomic mass is 10.3. The lowest BCUT2D eigenvalue weighted by Gasteiger charge is -1.95. The Labute approximate surface area is 93.6 Å². The number of ether oxygens (including phenoxy) is 1. The van der Waals surface area contributed by atoms with Gasteiger partial charge in [-0.25, -0.2) is 9.78 Å². The zero-order valence-corrected chi connectivity index (χ0v) is 9.13. The van der Waals surface area contributed by atoms with Crippen LogP contribution in [0.15, 0.2) is 16.8 Å². The minimum atomic E-state index is -0.495. The van der Waals surface area contributed by atoms with Crippen LogP contribution in [-0.4, -0.2) is 23.2 Å². The van der Waals surface area contributed by atoms with Crippen molar-refractivity contribution in [1.82, 2.24) is 10.1 Å². The van der Waals surface area contributed by atoms with Crippen molar-refractivity contribution in [3.63, 3.8) is 0 Å². The number of nitrogens with zero attached hydrogens (tertiary/aromatic N) is 2. The first kappa shape index (κ1) is 10.1. The Hall–Kier alpha value is -1.40. The van der Waals surface area contributed by atoms with Crippen molar-refractivity contribution in [3.8, 4) is 11.5 Å². The molecular formula is C8H5ClN2O3S. The van der Waals surface area contributed by atoms with Crippen LogP contribution in [0.1, 0.15) is 9.67 Å². The molecule has 2 rings (SSSR count). The van der Waals surface area contributed by atoms with Gasteiger partial charge in [0.1, 0.15) is 10.6 Å². The van der Waals surface area contributed by atoms with E-state index in [-0.39, 0.29) is 4.47 Å². The molecule has 0 bridgehead atoms. The molecule has 0 saturated carbocycles. The Balaban J connectivity index is 2.52. The maximum atomic E-state index is 11.4. The molecule has 0 saturated heterocycles. The first-order valence-corrected chi connectivity index (χ1v) is 5.07. The van der Waals surface area contributed by atoms with Gasteiger partial charge in [0.15, 0.2) is 10.2 Å². The molecule has 2 aromatic heterocycles. The van der Waals surface area contributed by atoms with E-state index in [0.29, 0.717) is 16.3 Å². The van der Waals surface area contributed by atoms with Gasteiger partial charge < -0.3 is 9.26 Å². The normalized spacial score (nSPS) is 10.3. The maximum Gasteiger partial charge on any atom is 0.350 e. The largest absolute Gasteiger partial charge is 0.465 e. The third kappa shape index (κ3) is 1.86. The number of rotatable bonds is 2. The summed E-state index contributed by atoms with van der Waals surface area (Å²) in [4.78, 5) is 15.6. The molecule has 15 heavy (non-hydrogen) atoms. The highest BCUT2D eigenvalue weighted by Crippen LogP contribution is 2.30.